The fourth-order valence-corrected chi connectivity index (χ4v) is 3.50. The molecule has 2 aromatic rings. The SMILES string of the molecule is COC(=O)C1=NNC(C(=O)c2ccc(OC)cc2)C1c1cccs1. The number of ketones is 1. The lowest BCUT2D eigenvalue weighted by Crippen LogP contribution is -2.37. The summed E-state index contributed by atoms with van der Waals surface area (Å²) in [6.07, 6.45) is 0. The average Bonchev–Trinajstić information content (AvgIpc) is 3.29. The molecule has 0 saturated carbocycles. The topological polar surface area (TPSA) is 77.0 Å². The van der Waals surface area contributed by atoms with Crippen molar-refractivity contribution in [3.8, 4) is 5.75 Å². The number of carbonyl (C=O) groups excluding carboxylic acids is 2. The zero-order valence-electron chi connectivity index (χ0n) is 13.2. The Bertz CT molecular complexity index is 768. The first-order valence-corrected chi connectivity index (χ1v) is 8.16. The summed E-state index contributed by atoms with van der Waals surface area (Å²) >= 11 is 1.47. The molecule has 1 aromatic carbocycles. The van der Waals surface area contributed by atoms with Crippen LogP contribution in [0.4, 0.5) is 0 Å². The minimum Gasteiger partial charge on any atom is -0.497 e. The number of hydrogen-bond donors (Lipinski definition) is 1. The maximum atomic E-state index is 12.9. The van der Waals surface area contributed by atoms with E-state index in [0.29, 0.717) is 11.3 Å². The molecule has 0 saturated heterocycles. The highest BCUT2D eigenvalue weighted by molar-refractivity contribution is 7.10. The Morgan fingerprint density at radius 3 is 2.50 bits per heavy atom. The highest BCUT2D eigenvalue weighted by Gasteiger charge is 2.42. The molecule has 2 unspecified atom stereocenters. The number of methoxy groups -OCH3 is 2. The van der Waals surface area contributed by atoms with Gasteiger partial charge in [0.1, 0.15) is 11.8 Å². The van der Waals surface area contributed by atoms with Crippen molar-refractivity contribution < 1.29 is 19.1 Å². The summed E-state index contributed by atoms with van der Waals surface area (Å²) in [6, 6.07) is 9.96. The van der Waals surface area contributed by atoms with Crippen LogP contribution < -0.4 is 10.2 Å². The van der Waals surface area contributed by atoms with E-state index in [1.807, 2.05) is 17.5 Å². The molecule has 1 aliphatic rings. The van der Waals surface area contributed by atoms with E-state index in [1.165, 1.54) is 18.4 Å². The molecule has 0 aliphatic carbocycles. The number of nitrogens with one attached hydrogen (secondary N) is 1. The van der Waals surface area contributed by atoms with Crippen LogP contribution in [0.3, 0.4) is 0 Å². The highest BCUT2D eigenvalue weighted by atomic mass is 32.1. The van der Waals surface area contributed by atoms with E-state index >= 15 is 0 Å². The quantitative estimate of drug-likeness (QED) is 0.665. The van der Waals surface area contributed by atoms with Gasteiger partial charge >= 0.3 is 5.97 Å². The van der Waals surface area contributed by atoms with E-state index in [2.05, 4.69) is 10.5 Å². The normalized spacial score (nSPS) is 19.3. The number of rotatable bonds is 5. The van der Waals surface area contributed by atoms with Gasteiger partial charge < -0.3 is 9.47 Å². The molecule has 2 heterocycles. The molecule has 0 amide bonds. The van der Waals surface area contributed by atoms with Gasteiger partial charge in [0.15, 0.2) is 11.5 Å². The molecule has 3 rings (SSSR count). The van der Waals surface area contributed by atoms with Crippen LogP contribution >= 0.6 is 11.3 Å². The van der Waals surface area contributed by atoms with Gasteiger partial charge in [-0.2, -0.15) is 5.10 Å². The molecule has 7 heteroatoms. The molecule has 24 heavy (non-hydrogen) atoms. The Labute approximate surface area is 143 Å². The molecule has 1 aliphatic heterocycles. The second-order valence-corrected chi connectivity index (χ2v) is 6.16. The smallest absolute Gasteiger partial charge is 0.354 e. The second kappa shape index (κ2) is 6.84. The molecule has 0 spiro atoms. The summed E-state index contributed by atoms with van der Waals surface area (Å²) in [4.78, 5) is 25.8. The minimum atomic E-state index is -0.647. The first-order valence-electron chi connectivity index (χ1n) is 7.28. The predicted molar refractivity (Wildman–Crippen MR) is 90.8 cm³/mol. The van der Waals surface area contributed by atoms with Crippen LogP contribution in [-0.2, 0) is 9.53 Å². The summed E-state index contributed by atoms with van der Waals surface area (Å²) in [5.41, 5.74) is 3.54. The second-order valence-electron chi connectivity index (χ2n) is 5.18. The number of carbonyl (C=O) groups is 2. The molecular formula is C17H16N2O4S. The van der Waals surface area contributed by atoms with Crippen LogP contribution in [0.25, 0.3) is 0 Å². The Morgan fingerprint density at radius 2 is 1.92 bits per heavy atom. The number of hydrogen-bond acceptors (Lipinski definition) is 7. The van der Waals surface area contributed by atoms with E-state index in [1.54, 1.807) is 31.4 Å². The van der Waals surface area contributed by atoms with Gasteiger partial charge in [0.25, 0.3) is 0 Å². The van der Waals surface area contributed by atoms with Gasteiger partial charge in [-0.05, 0) is 35.7 Å². The average molecular weight is 344 g/mol. The predicted octanol–water partition coefficient (Wildman–Crippen LogP) is 2.22. The van der Waals surface area contributed by atoms with Gasteiger partial charge in [-0.3, -0.25) is 10.2 Å². The monoisotopic (exact) mass is 344 g/mol. The number of ether oxygens (including phenoxy) is 2. The third-order valence-corrected chi connectivity index (χ3v) is 4.81. The van der Waals surface area contributed by atoms with Crippen molar-refractivity contribution in [2.24, 2.45) is 5.10 Å². The maximum absolute atomic E-state index is 12.9. The molecule has 0 fully saturated rings. The highest BCUT2D eigenvalue weighted by Crippen LogP contribution is 2.31. The van der Waals surface area contributed by atoms with Crippen LogP contribution in [0.2, 0.25) is 0 Å². The first-order chi connectivity index (χ1) is 11.7. The van der Waals surface area contributed by atoms with Crippen molar-refractivity contribution >= 4 is 28.8 Å². The third-order valence-electron chi connectivity index (χ3n) is 3.85. The van der Waals surface area contributed by atoms with E-state index < -0.39 is 17.9 Å². The van der Waals surface area contributed by atoms with Crippen LogP contribution in [0, 0.1) is 0 Å². The molecule has 2 atom stereocenters. The van der Waals surface area contributed by atoms with Crippen molar-refractivity contribution in [2.45, 2.75) is 12.0 Å². The van der Waals surface area contributed by atoms with Crippen molar-refractivity contribution in [3.05, 3.63) is 52.2 Å². The van der Waals surface area contributed by atoms with Crippen molar-refractivity contribution in [3.63, 3.8) is 0 Å². The summed E-state index contributed by atoms with van der Waals surface area (Å²) in [5, 5.41) is 5.96. The number of nitrogens with zero attached hydrogens (tertiary/aromatic N) is 1. The summed E-state index contributed by atoms with van der Waals surface area (Å²) in [5.74, 6) is -0.469. The van der Waals surface area contributed by atoms with Crippen molar-refractivity contribution in [2.75, 3.05) is 14.2 Å². The molecule has 0 bridgehead atoms. The zero-order valence-corrected chi connectivity index (χ0v) is 14.0. The standard InChI is InChI=1S/C17H16N2O4S/c1-22-11-7-5-10(6-8-11)16(20)14-13(12-4-3-9-24-12)15(19-18-14)17(21)23-2/h3-9,13-14,18H,1-2H3. The van der Waals surface area contributed by atoms with Gasteiger partial charge in [-0.25, -0.2) is 4.79 Å². The van der Waals surface area contributed by atoms with Gasteiger partial charge in [0, 0.05) is 10.4 Å². The Hall–Kier alpha value is -2.67. The lowest BCUT2D eigenvalue weighted by atomic mass is 9.89. The largest absolute Gasteiger partial charge is 0.497 e. The van der Waals surface area contributed by atoms with E-state index in [9.17, 15) is 9.59 Å². The number of benzene rings is 1. The van der Waals surface area contributed by atoms with E-state index in [0.717, 1.165) is 4.88 Å². The molecular weight excluding hydrogens is 328 g/mol. The Morgan fingerprint density at radius 1 is 1.17 bits per heavy atom. The van der Waals surface area contributed by atoms with Gasteiger partial charge in [0.05, 0.1) is 20.1 Å². The fraction of sp³-hybridized carbons (Fsp3) is 0.235. The number of hydrazone groups is 1. The molecule has 6 nitrogen and oxygen atoms in total. The number of esters is 1. The van der Waals surface area contributed by atoms with Crippen LogP contribution in [0.5, 0.6) is 5.75 Å². The van der Waals surface area contributed by atoms with Crippen molar-refractivity contribution in [1.29, 1.82) is 0 Å². The minimum absolute atomic E-state index is 0.140. The van der Waals surface area contributed by atoms with E-state index in [-0.39, 0.29) is 11.5 Å². The fourth-order valence-electron chi connectivity index (χ4n) is 2.63. The number of thiophene rings is 1. The number of Topliss-reactive ketones (excluding diaryl/α,β-unsaturated/α-hetero) is 1. The molecule has 0 radical (unpaired) electrons. The van der Waals surface area contributed by atoms with Crippen LogP contribution in [0.15, 0.2) is 46.9 Å². The maximum Gasteiger partial charge on any atom is 0.354 e. The summed E-state index contributed by atoms with van der Waals surface area (Å²) in [7, 11) is 2.87. The van der Waals surface area contributed by atoms with E-state index in [4.69, 9.17) is 9.47 Å². The molecule has 124 valence electrons. The van der Waals surface area contributed by atoms with Crippen molar-refractivity contribution in [1.82, 2.24) is 5.43 Å². The van der Waals surface area contributed by atoms with Gasteiger partial charge in [-0.1, -0.05) is 6.07 Å². The van der Waals surface area contributed by atoms with Gasteiger partial charge in [0.2, 0.25) is 0 Å². The lowest BCUT2D eigenvalue weighted by molar-refractivity contribution is -0.132. The van der Waals surface area contributed by atoms with Crippen LogP contribution in [0.1, 0.15) is 21.2 Å². The third kappa shape index (κ3) is 2.90. The first kappa shape index (κ1) is 16.2. The summed E-state index contributed by atoms with van der Waals surface area (Å²) in [6.45, 7) is 0. The van der Waals surface area contributed by atoms with Crippen LogP contribution in [-0.4, -0.2) is 37.7 Å². The Balaban J connectivity index is 1.91. The zero-order chi connectivity index (χ0) is 17.1. The Kier molecular flexibility index (Phi) is 4.61. The molecule has 1 N–H and O–H groups in total. The molecule has 1 aromatic heterocycles. The summed E-state index contributed by atoms with van der Waals surface area (Å²) < 4.78 is 9.90. The lowest BCUT2D eigenvalue weighted by Gasteiger charge is -2.18. The van der Waals surface area contributed by atoms with Gasteiger partial charge in [-0.15, -0.1) is 11.3 Å².